The predicted molar refractivity (Wildman–Crippen MR) is 77.1 cm³/mol. The summed E-state index contributed by atoms with van der Waals surface area (Å²) in [6.45, 7) is 6.12. The van der Waals surface area contributed by atoms with Crippen molar-refractivity contribution < 1.29 is 0 Å². The molecule has 1 aliphatic rings. The van der Waals surface area contributed by atoms with E-state index < -0.39 is 0 Å². The Hall–Kier alpha value is -1.61. The van der Waals surface area contributed by atoms with Crippen LogP contribution in [-0.4, -0.2) is 18.8 Å². The second-order valence-electron chi connectivity index (χ2n) is 4.92. The zero-order valence-corrected chi connectivity index (χ0v) is 11.1. The van der Waals surface area contributed by atoms with E-state index in [0.717, 1.165) is 36.6 Å². The van der Waals surface area contributed by atoms with Crippen molar-refractivity contribution in [2.24, 2.45) is 16.6 Å². The minimum atomic E-state index is 0.374. The van der Waals surface area contributed by atoms with Crippen LogP contribution in [0.5, 0.6) is 0 Å². The van der Waals surface area contributed by atoms with E-state index in [1.54, 1.807) is 0 Å². The molecule has 1 aliphatic heterocycles. The van der Waals surface area contributed by atoms with Gasteiger partial charge < -0.3 is 11.1 Å². The van der Waals surface area contributed by atoms with Gasteiger partial charge in [-0.2, -0.15) is 0 Å². The Morgan fingerprint density at radius 2 is 2.00 bits per heavy atom. The van der Waals surface area contributed by atoms with Crippen molar-refractivity contribution in [3.8, 4) is 0 Å². The van der Waals surface area contributed by atoms with Gasteiger partial charge in [-0.15, -0.1) is 0 Å². The summed E-state index contributed by atoms with van der Waals surface area (Å²) < 4.78 is 0. The molecule has 3 N–H and O–H groups in total. The molecule has 18 heavy (non-hydrogen) atoms. The summed E-state index contributed by atoms with van der Waals surface area (Å²) in [4.78, 5) is 4.77. The molecule has 0 bridgehead atoms. The Bertz CT molecular complexity index is 458. The van der Waals surface area contributed by atoms with E-state index in [0.29, 0.717) is 5.92 Å². The number of hydrogen-bond donors (Lipinski definition) is 2. The van der Waals surface area contributed by atoms with E-state index in [-0.39, 0.29) is 0 Å². The monoisotopic (exact) mass is 243 g/mol. The van der Waals surface area contributed by atoms with Gasteiger partial charge in [0.05, 0.1) is 5.69 Å². The molecule has 1 aromatic carbocycles. The zero-order valence-electron chi connectivity index (χ0n) is 11.1. The first-order valence-corrected chi connectivity index (χ1v) is 6.50. The number of para-hydroxylation sites is 1. The van der Waals surface area contributed by atoms with Crippen molar-refractivity contribution >= 4 is 11.4 Å². The minimum Gasteiger partial charge on any atom is -0.402 e. The molecule has 0 amide bonds. The van der Waals surface area contributed by atoms with Crippen molar-refractivity contribution in [2.75, 3.05) is 13.1 Å². The molecule has 0 fully saturated rings. The lowest BCUT2D eigenvalue weighted by atomic mass is 9.95. The SMILES string of the molecule is CC(C)C(=Nc1ccccc1)C1=C(N)CCNC1. The Morgan fingerprint density at radius 1 is 1.28 bits per heavy atom. The van der Waals surface area contributed by atoms with E-state index >= 15 is 0 Å². The molecule has 0 aliphatic carbocycles. The van der Waals surface area contributed by atoms with Gasteiger partial charge in [0.15, 0.2) is 0 Å². The molecule has 0 unspecified atom stereocenters. The molecular formula is C15H21N3. The number of hydrogen-bond acceptors (Lipinski definition) is 3. The molecule has 0 saturated carbocycles. The molecule has 0 radical (unpaired) electrons. The molecule has 96 valence electrons. The lowest BCUT2D eigenvalue weighted by Crippen LogP contribution is -2.32. The highest BCUT2D eigenvalue weighted by Gasteiger charge is 2.17. The fourth-order valence-corrected chi connectivity index (χ4v) is 2.14. The Morgan fingerprint density at radius 3 is 2.61 bits per heavy atom. The number of rotatable bonds is 3. The summed E-state index contributed by atoms with van der Waals surface area (Å²) in [6, 6.07) is 10.1. The topological polar surface area (TPSA) is 50.4 Å². The van der Waals surface area contributed by atoms with Crippen LogP contribution in [0.15, 0.2) is 46.6 Å². The average Bonchev–Trinajstić information content (AvgIpc) is 2.38. The number of nitrogens with zero attached hydrogens (tertiary/aromatic N) is 1. The van der Waals surface area contributed by atoms with Crippen LogP contribution in [0.3, 0.4) is 0 Å². The van der Waals surface area contributed by atoms with Crippen LogP contribution in [0.25, 0.3) is 0 Å². The lowest BCUT2D eigenvalue weighted by molar-refractivity contribution is 0.680. The molecule has 1 heterocycles. The largest absolute Gasteiger partial charge is 0.402 e. The highest BCUT2D eigenvalue weighted by molar-refractivity contribution is 6.03. The highest BCUT2D eigenvalue weighted by atomic mass is 14.9. The van der Waals surface area contributed by atoms with Crippen LogP contribution in [-0.2, 0) is 0 Å². The van der Waals surface area contributed by atoms with Gasteiger partial charge in [0, 0.05) is 30.1 Å². The van der Waals surface area contributed by atoms with Gasteiger partial charge in [-0.1, -0.05) is 32.0 Å². The first kappa shape index (κ1) is 12.8. The molecule has 3 heteroatoms. The molecule has 3 nitrogen and oxygen atoms in total. The normalized spacial score (nSPS) is 17.4. The average molecular weight is 243 g/mol. The fourth-order valence-electron chi connectivity index (χ4n) is 2.14. The van der Waals surface area contributed by atoms with Gasteiger partial charge in [-0.25, -0.2) is 0 Å². The second-order valence-corrected chi connectivity index (χ2v) is 4.92. The molecular weight excluding hydrogens is 222 g/mol. The fraction of sp³-hybridized carbons (Fsp3) is 0.400. The molecule has 0 spiro atoms. The van der Waals surface area contributed by atoms with Gasteiger partial charge in [0.1, 0.15) is 0 Å². The summed E-state index contributed by atoms with van der Waals surface area (Å²) in [5, 5.41) is 3.37. The van der Waals surface area contributed by atoms with Gasteiger partial charge in [-0.05, 0) is 24.5 Å². The quantitative estimate of drug-likeness (QED) is 0.802. The van der Waals surface area contributed by atoms with Crippen molar-refractivity contribution in [3.63, 3.8) is 0 Å². The summed E-state index contributed by atoms with van der Waals surface area (Å²) in [6.07, 6.45) is 0.913. The van der Waals surface area contributed by atoms with Crippen molar-refractivity contribution in [3.05, 3.63) is 41.6 Å². The van der Waals surface area contributed by atoms with Crippen molar-refractivity contribution in [1.82, 2.24) is 5.32 Å². The predicted octanol–water partition coefficient (Wildman–Crippen LogP) is 2.62. The third-order valence-corrected chi connectivity index (χ3v) is 3.12. The Balaban J connectivity index is 2.37. The van der Waals surface area contributed by atoms with Crippen LogP contribution in [0.4, 0.5) is 5.69 Å². The minimum absolute atomic E-state index is 0.374. The molecule has 1 aromatic rings. The van der Waals surface area contributed by atoms with E-state index in [2.05, 4.69) is 19.2 Å². The molecule has 0 atom stereocenters. The first-order chi connectivity index (χ1) is 8.68. The summed E-state index contributed by atoms with van der Waals surface area (Å²) >= 11 is 0. The number of nitrogens with two attached hydrogens (primary N) is 1. The maximum atomic E-state index is 6.13. The third kappa shape index (κ3) is 2.99. The van der Waals surface area contributed by atoms with E-state index in [9.17, 15) is 0 Å². The molecule has 0 saturated heterocycles. The van der Waals surface area contributed by atoms with Crippen LogP contribution in [0.2, 0.25) is 0 Å². The number of aliphatic imine (C=N–C) groups is 1. The van der Waals surface area contributed by atoms with E-state index in [4.69, 9.17) is 10.7 Å². The van der Waals surface area contributed by atoms with E-state index in [1.807, 2.05) is 30.3 Å². The second kappa shape index (κ2) is 5.83. The Kier molecular flexibility index (Phi) is 4.15. The van der Waals surface area contributed by atoms with Gasteiger partial charge >= 0.3 is 0 Å². The zero-order chi connectivity index (χ0) is 13.0. The van der Waals surface area contributed by atoms with Gasteiger partial charge in [0.25, 0.3) is 0 Å². The highest BCUT2D eigenvalue weighted by Crippen LogP contribution is 2.20. The first-order valence-electron chi connectivity index (χ1n) is 6.50. The lowest BCUT2D eigenvalue weighted by Gasteiger charge is -2.22. The third-order valence-electron chi connectivity index (χ3n) is 3.12. The maximum Gasteiger partial charge on any atom is 0.0633 e. The van der Waals surface area contributed by atoms with Crippen LogP contribution in [0, 0.1) is 5.92 Å². The van der Waals surface area contributed by atoms with E-state index in [1.165, 1.54) is 5.57 Å². The van der Waals surface area contributed by atoms with Crippen LogP contribution < -0.4 is 11.1 Å². The summed E-state index contributed by atoms with van der Waals surface area (Å²) in [5.41, 5.74) is 10.4. The van der Waals surface area contributed by atoms with Gasteiger partial charge in [0.2, 0.25) is 0 Å². The van der Waals surface area contributed by atoms with Gasteiger partial charge in [-0.3, -0.25) is 4.99 Å². The number of nitrogens with one attached hydrogen (secondary N) is 1. The maximum absolute atomic E-state index is 6.13. The van der Waals surface area contributed by atoms with Crippen molar-refractivity contribution in [2.45, 2.75) is 20.3 Å². The van der Waals surface area contributed by atoms with Crippen LogP contribution >= 0.6 is 0 Å². The summed E-state index contributed by atoms with van der Waals surface area (Å²) in [5.74, 6) is 0.374. The Labute approximate surface area is 109 Å². The molecule has 0 aromatic heterocycles. The van der Waals surface area contributed by atoms with Crippen molar-refractivity contribution in [1.29, 1.82) is 0 Å². The number of benzene rings is 1. The standard InChI is InChI=1S/C15H21N3/c1-11(2)15(13-10-17-9-8-14(13)16)18-12-6-4-3-5-7-12/h3-7,11,17H,8-10,16H2,1-2H3. The molecule has 2 rings (SSSR count). The summed E-state index contributed by atoms with van der Waals surface area (Å²) in [7, 11) is 0. The smallest absolute Gasteiger partial charge is 0.0633 e. The van der Waals surface area contributed by atoms with Crippen LogP contribution in [0.1, 0.15) is 20.3 Å².